The number of aliphatic hydroxyl groups is 1. The van der Waals surface area contributed by atoms with E-state index < -0.39 is 0 Å². The van der Waals surface area contributed by atoms with Crippen molar-refractivity contribution < 1.29 is 14.6 Å². The number of likely N-dealkylation sites (tertiary alicyclic amines) is 2. The number of nitrogens with one attached hydrogen (secondary N) is 1. The zero-order valence-corrected chi connectivity index (χ0v) is 12.9. The van der Waals surface area contributed by atoms with Crippen LogP contribution in [0.3, 0.4) is 0 Å². The van der Waals surface area contributed by atoms with Crippen LogP contribution in [0.25, 0.3) is 0 Å². The molecule has 2 N–H and O–H groups in total. The van der Waals surface area contributed by atoms with E-state index in [0.29, 0.717) is 18.6 Å². The van der Waals surface area contributed by atoms with Crippen LogP contribution in [0.15, 0.2) is 0 Å². The highest BCUT2D eigenvalue weighted by atomic mass is 16.6. The largest absolute Gasteiger partial charge is 0.450 e. The van der Waals surface area contributed by atoms with Gasteiger partial charge in [-0.15, -0.1) is 0 Å². The van der Waals surface area contributed by atoms with Crippen LogP contribution in [0.4, 0.5) is 4.79 Å². The highest BCUT2D eigenvalue weighted by molar-refractivity contribution is 5.67. The molecule has 3 heterocycles. The lowest BCUT2D eigenvalue weighted by Crippen LogP contribution is -2.47. The third-order valence-corrected chi connectivity index (χ3v) is 5.53. The fraction of sp³-hybridized carbons (Fsp3) is 0.933. The topological polar surface area (TPSA) is 65.0 Å². The zero-order valence-electron chi connectivity index (χ0n) is 12.9. The van der Waals surface area contributed by atoms with E-state index in [1.54, 1.807) is 0 Å². The summed E-state index contributed by atoms with van der Waals surface area (Å²) in [7, 11) is 0. The fourth-order valence-corrected chi connectivity index (χ4v) is 4.19. The number of hydrogen-bond donors (Lipinski definition) is 2. The molecule has 3 aliphatic heterocycles. The average Bonchev–Trinajstić information content (AvgIpc) is 3.05. The van der Waals surface area contributed by atoms with E-state index in [4.69, 9.17) is 4.74 Å². The Morgan fingerprint density at radius 3 is 2.81 bits per heavy atom. The monoisotopic (exact) mass is 297 g/mol. The Kier molecular flexibility index (Phi) is 4.38. The van der Waals surface area contributed by atoms with Crippen LogP contribution in [0.1, 0.15) is 19.8 Å². The summed E-state index contributed by atoms with van der Waals surface area (Å²) >= 11 is 0. The summed E-state index contributed by atoms with van der Waals surface area (Å²) in [5.41, 5.74) is 0.0677. The van der Waals surface area contributed by atoms with E-state index in [0.717, 1.165) is 52.1 Å². The quantitative estimate of drug-likeness (QED) is 0.775. The number of ether oxygens (including phenoxy) is 1. The van der Waals surface area contributed by atoms with Gasteiger partial charge in [0.25, 0.3) is 0 Å². The number of amides is 1. The van der Waals surface area contributed by atoms with Gasteiger partial charge in [-0.3, -0.25) is 4.90 Å². The molecule has 2 atom stereocenters. The van der Waals surface area contributed by atoms with Crippen molar-refractivity contribution in [2.45, 2.75) is 25.8 Å². The number of hydrogen-bond acceptors (Lipinski definition) is 5. The molecule has 0 radical (unpaired) electrons. The number of aliphatic hydroxyl groups excluding tert-OH is 1. The maximum absolute atomic E-state index is 11.7. The van der Waals surface area contributed by atoms with Gasteiger partial charge in [-0.1, -0.05) is 0 Å². The standard InChI is InChI=1S/C15H27N3O3/c1-2-21-14(20)17-5-3-13(4-6-17)18-8-12-7-16-9-15(12,10-18)11-19/h12-13,16,19H,2-11H2,1H3. The summed E-state index contributed by atoms with van der Waals surface area (Å²) in [5.74, 6) is 0.575. The van der Waals surface area contributed by atoms with Gasteiger partial charge in [-0.05, 0) is 32.2 Å². The number of rotatable bonds is 3. The third-order valence-electron chi connectivity index (χ3n) is 5.53. The lowest BCUT2D eigenvalue weighted by atomic mass is 9.82. The molecule has 6 heteroatoms. The zero-order chi connectivity index (χ0) is 14.9. The molecule has 21 heavy (non-hydrogen) atoms. The Morgan fingerprint density at radius 1 is 1.43 bits per heavy atom. The minimum Gasteiger partial charge on any atom is -0.450 e. The van der Waals surface area contributed by atoms with Crippen molar-refractivity contribution in [3.8, 4) is 0 Å². The minimum atomic E-state index is -0.176. The molecule has 0 aliphatic carbocycles. The summed E-state index contributed by atoms with van der Waals surface area (Å²) in [4.78, 5) is 16.1. The van der Waals surface area contributed by atoms with Gasteiger partial charge in [0.05, 0.1) is 13.2 Å². The van der Waals surface area contributed by atoms with Crippen molar-refractivity contribution in [3.05, 3.63) is 0 Å². The van der Waals surface area contributed by atoms with Crippen LogP contribution in [0, 0.1) is 11.3 Å². The molecule has 0 aromatic rings. The molecule has 3 rings (SSSR count). The predicted molar refractivity (Wildman–Crippen MR) is 79.1 cm³/mol. The summed E-state index contributed by atoms with van der Waals surface area (Å²) < 4.78 is 5.07. The summed E-state index contributed by atoms with van der Waals surface area (Å²) in [6.07, 6.45) is 1.85. The highest BCUT2D eigenvalue weighted by Crippen LogP contribution is 2.40. The Bertz CT molecular complexity index is 384. The summed E-state index contributed by atoms with van der Waals surface area (Å²) in [5, 5.41) is 13.2. The molecule has 0 bridgehead atoms. The van der Waals surface area contributed by atoms with Gasteiger partial charge < -0.3 is 20.1 Å². The molecule has 3 fully saturated rings. The lowest BCUT2D eigenvalue weighted by molar-refractivity contribution is 0.0728. The smallest absolute Gasteiger partial charge is 0.409 e. The third kappa shape index (κ3) is 2.76. The maximum Gasteiger partial charge on any atom is 0.409 e. The van der Waals surface area contributed by atoms with Crippen LogP contribution < -0.4 is 5.32 Å². The normalized spacial score (nSPS) is 34.2. The first kappa shape index (κ1) is 15.1. The fourth-order valence-electron chi connectivity index (χ4n) is 4.19. The Labute approximate surface area is 126 Å². The van der Waals surface area contributed by atoms with Gasteiger partial charge in [-0.2, -0.15) is 0 Å². The maximum atomic E-state index is 11.7. The lowest BCUT2D eigenvalue weighted by Gasteiger charge is -2.37. The minimum absolute atomic E-state index is 0.0677. The molecule has 120 valence electrons. The average molecular weight is 297 g/mol. The molecule has 3 saturated heterocycles. The van der Waals surface area contributed by atoms with Gasteiger partial charge in [0, 0.05) is 44.2 Å². The van der Waals surface area contributed by atoms with Gasteiger partial charge in [0.1, 0.15) is 0 Å². The van der Waals surface area contributed by atoms with Gasteiger partial charge in [0.2, 0.25) is 0 Å². The molecule has 0 aromatic heterocycles. The van der Waals surface area contributed by atoms with Crippen LogP contribution in [0.5, 0.6) is 0 Å². The first-order chi connectivity index (χ1) is 10.2. The predicted octanol–water partition coefficient (Wildman–Crippen LogP) is 0.121. The molecular weight excluding hydrogens is 270 g/mol. The first-order valence-corrected chi connectivity index (χ1v) is 8.16. The Balaban J connectivity index is 1.53. The van der Waals surface area contributed by atoms with E-state index in [-0.39, 0.29) is 18.1 Å². The van der Waals surface area contributed by atoms with Crippen LogP contribution in [-0.4, -0.2) is 79.5 Å². The molecule has 0 aromatic carbocycles. The second-order valence-electron chi connectivity index (χ2n) is 6.69. The molecule has 0 spiro atoms. The van der Waals surface area contributed by atoms with E-state index in [1.165, 1.54) is 0 Å². The van der Waals surface area contributed by atoms with Crippen molar-refractivity contribution >= 4 is 6.09 Å². The van der Waals surface area contributed by atoms with Crippen LogP contribution in [0.2, 0.25) is 0 Å². The number of piperidine rings is 1. The van der Waals surface area contributed by atoms with E-state index in [9.17, 15) is 9.90 Å². The van der Waals surface area contributed by atoms with E-state index in [1.807, 2.05) is 11.8 Å². The van der Waals surface area contributed by atoms with Crippen molar-refractivity contribution in [2.75, 3.05) is 52.5 Å². The van der Waals surface area contributed by atoms with Crippen LogP contribution in [-0.2, 0) is 4.74 Å². The Hall–Kier alpha value is -0.850. The number of carbonyl (C=O) groups is 1. The first-order valence-electron chi connectivity index (χ1n) is 8.16. The van der Waals surface area contributed by atoms with Crippen molar-refractivity contribution in [1.82, 2.24) is 15.1 Å². The van der Waals surface area contributed by atoms with E-state index >= 15 is 0 Å². The van der Waals surface area contributed by atoms with Crippen LogP contribution >= 0.6 is 0 Å². The molecule has 1 amide bonds. The van der Waals surface area contributed by atoms with Gasteiger partial charge in [-0.25, -0.2) is 4.79 Å². The van der Waals surface area contributed by atoms with Crippen molar-refractivity contribution in [1.29, 1.82) is 0 Å². The second-order valence-corrected chi connectivity index (χ2v) is 6.69. The molecule has 6 nitrogen and oxygen atoms in total. The van der Waals surface area contributed by atoms with Crippen molar-refractivity contribution in [3.63, 3.8) is 0 Å². The SMILES string of the molecule is CCOC(=O)N1CCC(N2CC3CNCC3(CO)C2)CC1. The molecular formula is C15H27N3O3. The number of carbonyl (C=O) groups excluding carboxylic acids is 1. The summed E-state index contributed by atoms with van der Waals surface area (Å²) in [6.45, 7) is 8.18. The second kappa shape index (κ2) is 6.10. The number of nitrogens with zero attached hydrogens (tertiary/aromatic N) is 2. The molecule has 0 saturated carbocycles. The summed E-state index contributed by atoms with van der Waals surface area (Å²) in [6, 6.07) is 0.546. The van der Waals surface area contributed by atoms with Gasteiger partial charge >= 0.3 is 6.09 Å². The molecule has 2 unspecified atom stereocenters. The van der Waals surface area contributed by atoms with Crippen molar-refractivity contribution in [2.24, 2.45) is 11.3 Å². The highest BCUT2D eigenvalue weighted by Gasteiger charge is 2.50. The van der Waals surface area contributed by atoms with E-state index in [2.05, 4.69) is 10.2 Å². The Morgan fingerprint density at radius 2 is 2.19 bits per heavy atom. The number of fused-ring (bicyclic) bond motifs is 1. The molecule has 3 aliphatic rings. The van der Waals surface area contributed by atoms with Gasteiger partial charge in [0.15, 0.2) is 0 Å².